The molecule has 22 heavy (non-hydrogen) atoms. The number of carbonyl (C=O) groups is 2. The zero-order valence-corrected chi connectivity index (χ0v) is 12.0. The molecular weight excluding hydrogens is 280 g/mol. The van der Waals surface area contributed by atoms with Crippen molar-refractivity contribution in [3.05, 3.63) is 66.2 Å². The van der Waals surface area contributed by atoms with Gasteiger partial charge in [0.2, 0.25) is 5.91 Å². The lowest BCUT2D eigenvalue weighted by atomic mass is 10.1. The number of benzene rings is 2. The molecule has 112 valence electrons. The molecule has 0 atom stereocenters. The third kappa shape index (κ3) is 4.49. The summed E-state index contributed by atoms with van der Waals surface area (Å²) >= 11 is 0. The van der Waals surface area contributed by atoms with Gasteiger partial charge in [0.15, 0.2) is 0 Å². The van der Waals surface area contributed by atoms with Crippen molar-refractivity contribution in [3.8, 4) is 0 Å². The molecule has 0 fully saturated rings. The van der Waals surface area contributed by atoms with Crippen molar-refractivity contribution in [3.63, 3.8) is 0 Å². The summed E-state index contributed by atoms with van der Waals surface area (Å²) in [6.07, 6.45) is 1.12. The Hall–Kier alpha value is -3.08. The molecule has 0 aromatic heterocycles. The van der Waals surface area contributed by atoms with Gasteiger partial charge in [0, 0.05) is 24.4 Å². The van der Waals surface area contributed by atoms with Crippen LogP contribution in [0.25, 0.3) is 5.70 Å². The summed E-state index contributed by atoms with van der Waals surface area (Å²) in [5, 5.41) is 14.8. The summed E-state index contributed by atoms with van der Waals surface area (Å²) in [4.78, 5) is 22.0. The molecule has 0 aliphatic carbocycles. The maximum atomic E-state index is 11.0. The van der Waals surface area contributed by atoms with E-state index in [1.54, 1.807) is 24.3 Å². The minimum Gasteiger partial charge on any atom is -0.478 e. The minimum absolute atomic E-state index is 0.142. The van der Waals surface area contributed by atoms with Crippen molar-refractivity contribution in [2.45, 2.75) is 6.92 Å². The average Bonchev–Trinajstić information content (AvgIpc) is 2.48. The molecular formula is C17H16N2O3. The summed E-state index contributed by atoms with van der Waals surface area (Å²) in [6, 6.07) is 16.2. The van der Waals surface area contributed by atoms with Gasteiger partial charge < -0.3 is 15.7 Å². The molecule has 0 bridgehead atoms. The van der Waals surface area contributed by atoms with E-state index in [0.29, 0.717) is 11.4 Å². The van der Waals surface area contributed by atoms with Gasteiger partial charge in [-0.05, 0) is 29.8 Å². The van der Waals surface area contributed by atoms with Crippen LogP contribution in [0.4, 0.5) is 11.4 Å². The van der Waals surface area contributed by atoms with Gasteiger partial charge in [0.05, 0.1) is 5.70 Å². The molecule has 0 saturated heterocycles. The Balaban J connectivity index is 2.21. The van der Waals surface area contributed by atoms with Gasteiger partial charge in [0.1, 0.15) is 0 Å². The number of amides is 1. The van der Waals surface area contributed by atoms with Crippen LogP contribution in [0.2, 0.25) is 0 Å². The van der Waals surface area contributed by atoms with Crippen LogP contribution >= 0.6 is 0 Å². The lowest BCUT2D eigenvalue weighted by Crippen LogP contribution is -2.06. The summed E-state index contributed by atoms with van der Waals surface area (Å²) in [7, 11) is 0. The maximum absolute atomic E-state index is 11.0. The van der Waals surface area contributed by atoms with Crippen molar-refractivity contribution in [1.82, 2.24) is 0 Å². The first kappa shape index (κ1) is 15.3. The Bertz CT molecular complexity index is 692. The number of hydrogen-bond acceptors (Lipinski definition) is 3. The number of hydrogen-bond donors (Lipinski definition) is 3. The highest BCUT2D eigenvalue weighted by Crippen LogP contribution is 2.20. The van der Waals surface area contributed by atoms with Crippen LogP contribution in [0, 0.1) is 0 Å². The van der Waals surface area contributed by atoms with Crippen LogP contribution in [-0.4, -0.2) is 17.0 Å². The molecule has 0 aliphatic heterocycles. The first-order valence-electron chi connectivity index (χ1n) is 6.69. The fourth-order valence-corrected chi connectivity index (χ4v) is 1.93. The number of carboxylic acid groups (broad SMARTS) is 1. The van der Waals surface area contributed by atoms with Crippen molar-refractivity contribution in [2.24, 2.45) is 0 Å². The van der Waals surface area contributed by atoms with E-state index in [1.807, 2.05) is 30.3 Å². The standard InChI is InChI=1S/C17H16N2O3/c1-12(20)18-14-7-9-15(10-8-14)19-16(11-17(21)22)13-5-3-2-4-6-13/h2-11,19H,1H3,(H,18,20)(H,21,22). The lowest BCUT2D eigenvalue weighted by Gasteiger charge is -2.11. The summed E-state index contributed by atoms with van der Waals surface area (Å²) in [5.74, 6) is -1.17. The van der Waals surface area contributed by atoms with Gasteiger partial charge in [-0.3, -0.25) is 4.79 Å². The molecule has 0 spiro atoms. The minimum atomic E-state index is -1.03. The van der Waals surface area contributed by atoms with E-state index in [4.69, 9.17) is 5.11 Å². The van der Waals surface area contributed by atoms with E-state index in [0.717, 1.165) is 17.3 Å². The molecule has 2 aromatic rings. The molecule has 1 amide bonds. The maximum Gasteiger partial charge on any atom is 0.330 e. The molecule has 3 N–H and O–H groups in total. The normalized spacial score (nSPS) is 10.9. The van der Waals surface area contributed by atoms with Gasteiger partial charge in [-0.1, -0.05) is 30.3 Å². The van der Waals surface area contributed by atoms with Gasteiger partial charge >= 0.3 is 5.97 Å². The summed E-state index contributed by atoms with van der Waals surface area (Å²) in [5.41, 5.74) is 2.67. The largest absolute Gasteiger partial charge is 0.478 e. The number of carbonyl (C=O) groups excluding carboxylic acids is 1. The fraction of sp³-hybridized carbons (Fsp3) is 0.0588. The van der Waals surface area contributed by atoms with E-state index in [9.17, 15) is 9.59 Å². The van der Waals surface area contributed by atoms with Crippen molar-refractivity contribution in [2.75, 3.05) is 10.6 Å². The molecule has 0 saturated carbocycles. The number of carboxylic acids is 1. The number of aliphatic carboxylic acids is 1. The molecule has 5 nitrogen and oxygen atoms in total. The van der Waals surface area contributed by atoms with E-state index in [1.165, 1.54) is 6.92 Å². The molecule has 0 radical (unpaired) electrons. The number of anilines is 2. The highest BCUT2D eigenvalue weighted by Gasteiger charge is 2.05. The zero-order chi connectivity index (χ0) is 15.9. The highest BCUT2D eigenvalue weighted by molar-refractivity contribution is 5.93. The van der Waals surface area contributed by atoms with Gasteiger partial charge in [-0.15, -0.1) is 0 Å². The van der Waals surface area contributed by atoms with Crippen LogP contribution in [-0.2, 0) is 9.59 Å². The molecule has 0 aliphatic rings. The second-order valence-corrected chi connectivity index (χ2v) is 4.65. The third-order valence-electron chi connectivity index (χ3n) is 2.84. The van der Waals surface area contributed by atoms with Crippen LogP contribution in [0.15, 0.2) is 60.7 Å². The molecule has 2 aromatic carbocycles. The smallest absolute Gasteiger partial charge is 0.330 e. The van der Waals surface area contributed by atoms with Gasteiger partial charge in [-0.25, -0.2) is 4.79 Å². The predicted molar refractivity (Wildman–Crippen MR) is 86.4 cm³/mol. The van der Waals surface area contributed by atoms with Crippen LogP contribution < -0.4 is 10.6 Å². The third-order valence-corrected chi connectivity index (χ3v) is 2.84. The van der Waals surface area contributed by atoms with E-state index in [-0.39, 0.29) is 5.91 Å². The topological polar surface area (TPSA) is 78.4 Å². The van der Waals surface area contributed by atoms with Crippen LogP contribution in [0.5, 0.6) is 0 Å². The quantitative estimate of drug-likeness (QED) is 0.740. The Kier molecular flexibility index (Phi) is 4.93. The SMILES string of the molecule is CC(=O)Nc1ccc(NC(=CC(=O)O)c2ccccc2)cc1. The summed E-state index contributed by atoms with van der Waals surface area (Å²) in [6.45, 7) is 1.44. The van der Waals surface area contributed by atoms with Gasteiger partial charge in [-0.2, -0.15) is 0 Å². The Morgan fingerprint density at radius 1 is 0.909 bits per heavy atom. The van der Waals surface area contributed by atoms with E-state index in [2.05, 4.69) is 10.6 Å². The highest BCUT2D eigenvalue weighted by atomic mass is 16.4. The second kappa shape index (κ2) is 7.08. The van der Waals surface area contributed by atoms with Gasteiger partial charge in [0.25, 0.3) is 0 Å². The predicted octanol–water partition coefficient (Wildman–Crippen LogP) is 3.18. The molecule has 5 heteroatoms. The monoisotopic (exact) mass is 296 g/mol. The molecule has 0 unspecified atom stereocenters. The Morgan fingerprint density at radius 3 is 1.95 bits per heavy atom. The van der Waals surface area contributed by atoms with Crippen LogP contribution in [0.1, 0.15) is 12.5 Å². The summed E-state index contributed by atoms with van der Waals surface area (Å²) < 4.78 is 0. The van der Waals surface area contributed by atoms with Crippen molar-refractivity contribution >= 4 is 28.9 Å². The van der Waals surface area contributed by atoms with E-state index < -0.39 is 5.97 Å². The Morgan fingerprint density at radius 2 is 1.45 bits per heavy atom. The van der Waals surface area contributed by atoms with Crippen molar-refractivity contribution < 1.29 is 14.7 Å². The second-order valence-electron chi connectivity index (χ2n) is 4.65. The first-order chi connectivity index (χ1) is 10.5. The number of rotatable bonds is 5. The average molecular weight is 296 g/mol. The number of nitrogens with one attached hydrogen (secondary N) is 2. The molecule has 2 rings (SSSR count). The first-order valence-corrected chi connectivity index (χ1v) is 6.69. The zero-order valence-electron chi connectivity index (χ0n) is 12.0. The Labute approximate surface area is 128 Å². The van der Waals surface area contributed by atoms with E-state index >= 15 is 0 Å². The van der Waals surface area contributed by atoms with Crippen LogP contribution in [0.3, 0.4) is 0 Å². The fourth-order valence-electron chi connectivity index (χ4n) is 1.93. The molecule has 0 heterocycles. The lowest BCUT2D eigenvalue weighted by molar-refractivity contribution is -0.131. The van der Waals surface area contributed by atoms with Crippen molar-refractivity contribution in [1.29, 1.82) is 0 Å².